The van der Waals surface area contributed by atoms with Crippen LogP contribution in [0.15, 0.2) is 24.8 Å². The molecule has 3 aliphatic rings. The van der Waals surface area contributed by atoms with Crippen molar-refractivity contribution in [3.8, 4) is 5.75 Å². The Morgan fingerprint density at radius 2 is 1.76 bits per heavy atom. The second-order valence-electron chi connectivity index (χ2n) is 11.2. The quantitative estimate of drug-likeness (QED) is 0.216. The lowest BCUT2D eigenvalue weighted by Crippen LogP contribution is -2.40. The van der Waals surface area contributed by atoms with Gasteiger partial charge in [0.05, 0.1) is 5.92 Å². The lowest BCUT2D eigenvalue weighted by Gasteiger charge is -2.46. The van der Waals surface area contributed by atoms with Crippen molar-refractivity contribution in [1.29, 1.82) is 0 Å². The maximum absolute atomic E-state index is 14.6. The van der Waals surface area contributed by atoms with Gasteiger partial charge in [-0.25, -0.2) is 4.39 Å². The van der Waals surface area contributed by atoms with Crippen LogP contribution < -0.4 is 4.74 Å². The molecule has 188 valence electrons. The first kappa shape index (κ1) is 25.4. The summed E-state index contributed by atoms with van der Waals surface area (Å²) in [7, 11) is 0. The van der Waals surface area contributed by atoms with E-state index in [1.807, 2.05) is 0 Å². The van der Waals surface area contributed by atoms with Crippen molar-refractivity contribution >= 4 is 5.97 Å². The van der Waals surface area contributed by atoms with E-state index >= 15 is 0 Å². The highest BCUT2D eigenvalue weighted by Gasteiger charge is 2.43. The van der Waals surface area contributed by atoms with Crippen LogP contribution in [-0.2, 0) is 11.2 Å². The van der Waals surface area contributed by atoms with Crippen molar-refractivity contribution in [1.82, 2.24) is 0 Å². The molecular weight excluding hydrogens is 430 g/mol. The molecule has 0 aromatic heterocycles. The molecular formula is C30H42F2O2. The molecule has 1 aromatic carbocycles. The normalized spacial score (nSPS) is 31.5. The molecule has 1 aromatic rings. The number of carbonyl (C=O) groups excluding carboxylic acids is 1. The topological polar surface area (TPSA) is 26.3 Å². The Morgan fingerprint density at radius 3 is 2.50 bits per heavy atom. The summed E-state index contributed by atoms with van der Waals surface area (Å²) in [5, 5.41) is 0. The minimum absolute atomic E-state index is 0.192. The number of halogens is 2. The van der Waals surface area contributed by atoms with E-state index in [-0.39, 0.29) is 23.2 Å². The van der Waals surface area contributed by atoms with E-state index in [4.69, 9.17) is 4.74 Å². The van der Waals surface area contributed by atoms with Crippen LogP contribution in [0.4, 0.5) is 8.78 Å². The number of rotatable bonds is 8. The van der Waals surface area contributed by atoms with Crippen LogP contribution in [0.2, 0.25) is 0 Å². The number of carbonyl (C=O) groups is 1. The third-order valence-corrected chi connectivity index (χ3v) is 9.20. The fourth-order valence-electron chi connectivity index (χ4n) is 7.36. The summed E-state index contributed by atoms with van der Waals surface area (Å²) in [4.78, 5) is 13.1. The molecule has 4 unspecified atom stereocenters. The van der Waals surface area contributed by atoms with Gasteiger partial charge in [0.15, 0.2) is 11.6 Å². The molecule has 4 atom stereocenters. The van der Waals surface area contributed by atoms with Gasteiger partial charge in [0.1, 0.15) is 0 Å². The first-order valence-electron chi connectivity index (χ1n) is 13.8. The Labute approximate surface area is 204 Å². The first-order chi connectivity index (χ1) is 16.5. The van der Waals surface area contributed by atoms with Crippen molar-refractivity contribution in [2.45, 2.75) is 96.8 Å². The van der Waals surface area contributed by atoms with Crippen molar-refractivity contribution in [2.75, 3.05) is 0 Å². The zero-order chi connectivity index (χ0) is 24.1. The van der Waals surface area contributed by atoms with Gasteiger partial charge in [0.2, 0.25) is 5.82 Å². The number of hydrogen-bond acceptors (Lipinski definition) is 2. The summed E-state index contributed by atoms with van der Waals surface area (Å²) in [6.45, 7) is 5.92. The summed E-state index contributed by atoms with van der Waals surface area (Å²) in [6.07, 6.45) is 17.4. The maximum Gasteiger partial charge on any atom is 0.314 e. The van der Waals surface area contributed by atoms with Crippen LogP contribution >= 0.6 is 0 Å². The van der Waals surface area contributed by atoms with Gasteiger partial charge < -0.3 is 4.74 Å². The molecule has 4 heteroatoms. The van der Waals surface area contributed by atoms with Crippen molar-refractivity contribution in [2.24, 2.45) is 35.5 Å². The number of aryl methyl sites for hydroxylation is 1. The van der Waals surface area contributed by atoms with Crippen molar-refractivity contribution in [3.05, 3.63) is 42.0 Å². The van der Waals surface area contributed by atoms with E-state index < -0.39 is 11.6 Å². The lowest BCUT2D eigenvalue weighted by molar-refractivity contribution is -0.144. The number of benzene rings is 1. The molecule has 3 aliphatic carbocycles. The van der Waals surface area contributed by atoms with Gasteiger partial charge in [-0.3, -0.25) is 4.79 Å². The fourth-order valence-corrected chi connectivity index (χ4v) is 7.36. The smallest absolute Gasteiger partial charge is 0.314 e. The molecule has 0 N–H and O–H groups in total. The van der Waals surface area contributed by atoms with Crippen LogP contribution in [0.5, 0.6) is 5.75 Å². The second-order valence-corrected chi connectivity index (χ2v) is 11.2. The zero-order valence-corrected chi connectivity index (χ0v) is 20.9. The van der Waals surface area contributed by atoms with Crippen LogP contribution in [0.25, 0.3) is 0 Å². The maximum atomic E-state index is 14.6. The predicted molar refractivity (Wildman–Crippen MR) is 133 cm³/mol. The Bertz CT molecular complexity index is 842. The van der Waals surface area contributed by atoms with E-state index in [1.165, 1.54) is 69.9 Å². The Morgan fingerprint density at radius 1 is 1.00 bits per heavy atom. The van der Waals surface area contributed by atoms with Gasteiger partial charge in [0.25, 0.3) is 0 Å². The van der Waals surface area contributed by atoms with Crippen LogP contribution in [-0.4, -0.2) is 5.97 Å². The predicted octanol–water partition coefficient (Wildman–Crippen LogP) is 8.43. The standard InChI is InChI=1S/C30H42F2O2/c1-3-5-8-22-16-18-27(29(32)28(22)31)34-30(33)26-10-6-9-24-19-23(15-17-25(24)26)21-13-11-20(7-4-2)12-14-21/h3,16,18,20-21,23-26H,1,4-15,17,19H2,2H3. The number of fused-ring (bicyclic) bond motifs is 1. The molecule has 3 saturated carbocycles. The molecule has 4 rings (SSSR count). The first-order valence-corrected chi connectivity index (χ1v) is 13.8. The molecule has 34 heavy (non-hydrogen) atoms. The average molecular weight is 473 g/mol. The SMILES string of the molecule is C=CCCc1ccc(OC(=O)C2CCCC3CC(C4CCC(CCC)CC4)CCC32)c(F)c1F. The summed E-state index contributed by atoms with van der Waals surface area (Å²) in [5.74, 6) is 0.694. The Kier molecular flexibility index (Phi) is 8.82. The van der Waals surface area contributed by atoms with Gasteiger partial charge >= 0.3 is 5.97 Å². The van der Waals surface area contributed by atoms with E-state index in [0.717, 1.165) is 37.0 Å². The molecule has 0 aliphatic heterocycles. The Hall–Kier alpha value is -1.71. The van der Waals surface area contributed by atoms with Crippen molar-refractivity contribution < 1.29 is 18.3 Å². The highest BCUT2D eigenvalue weighted by Crippen LogP contribution is 2.50. The van der Waals surface area contributed by atoms with Gasteiger partial charge in [-0.2, -0.15) is 4.39 Å². The third kappa shape index (κ3) is 5.74. The second kappa shape index (κ2) is 11.8. The number of ether oxygens (including phenoxy) is 1. The monoisotopic (exact) mass is 472 g/mol. The fraction of sp³-hybridized carbons (Fsp3) is 0.700. The highest BCUT2D eigenvalue weighted by atomic mass is 19.2. The summed E-state index contributed by atoms with van der Waals surface area (Å²) in [5.41, 5.74) is 0.289. The molecule has 0 heterocycles. The minimum atomic E-state index is -1.05. The van der Waals surface area contributed by atoms with E-state index in [0.29, 0.717) is 24.7 Å². The van der Waals surface area contributed by atoms with Gasteiger partial charge in [-0.1, -0.05) is 57.6 Å². The minimum Gasteiger partial charge on any atom is -0.423 e. The summed E-state index contributed by atoms with van der Waals surface area (Å²) < 4.78 is 34.5. The number of esters is 1. The molecule has 0 amide bonds. The number of hydrogen-bond donors (Lipinski definition) is 0. The van der Waals surface area contributed by atoms with Crippen LogP contribution in [0.3, 0.4) is 0 Å². The summed E-state index contributed by atoms with van der Waals surface area (Å²) in [6, 6.07) is 2.93. The zero-order valence-electron chi connectivity index (χ0n) is 20.9. The molecule has 3 fully saturated rings. The van der Waals surface area contributed by atoms with Crippen LogP contribution in [0, 0.1) is 47.1 Å². The molecule has 2 nitrogen and oxygen atoms in total. The van der Waals surface area contributed by atoms with E-state index in [1.54, 1.807) is 6.08 Å². The highest BCUT2D eigenvalue weighted by molar-refractivity contribution is 5.75. The molecule has 0 saturated heterocycles. The third-order valence-electron chi connectivity index (χ3n) is 9.20. The van der Waals surface area contributed by atoms with Gasteiger partial charge in [-0.15, -0.1) is 6.58 Å². The largest absolute Gasteiger partial charge is 0.423 e. The van der Waals surface area contributed by atoms with E-state index in [2.05, 4.69) is 13.5 Å². The number of allylic oxidation sites excluding steroid dienone is 1. The van der Waals surface area contributed by atoms with Gasteiger partial charge in [0, 0.05) is 0 Å². The Balaban J connectivity index is 1.35. The van der Waals surface area contributed by atoms with Gasteiger partial charge in [-0.05, 0) is 92.6 Å². The molecule has 0 spiro atoms. The van der Waals surface area contributed by atoms with Crippen LogP contribution in [0.1, 0.15) is 96.0 Å². The van der Waals surface area contributed by atoms with E-state index in [9.17, 15) is 13.6 Å². The molecule has 0 radical (unpaired) electrons. The summed E-state index contributed by atoms with van der Waals surface area (Å²) >= 11 is 0. The molecule has 0 bridgehead atoms. The lowest BCUT2D eigenvalue weighted by atomic mass is 9.59. The van der Waals surface area contributed by atoms with Crippen molar-refractivity contribution in [3.63, 3.8) is 0 Å². The average Bonchev–Trinajstić information content (AvgIpc) is 2.86.